The third-order valence-electron chi connectivity index (χ3n) is 4.14. The normalized spacial score (nSPS) is 15.0. The monoisotopic (exact) mass is 386 g/mol. The molecule has 4 heterocycles. The van der Waals surface area contributed by atoms with Crippen LogP contribution in [0.5, 0.6) is 0 Å². The molecule has 1 fully saturated rings. The van der Waals surface area contributed by atoms with Crippen molar-refractivity contribution in [2.75, 3.05) is 31.1 Å². The molecule has 0 aliphatic carbocycles. The molecule has 0 aromatic carbocycles. The maximum atomic E-state index is 12.7. The van der Waals surface area contributed by atoms with E-state index in [9.17, 15) is 4.79 Å². The zero-order valence-corrected chi connectivity index (χ0v) is 14.4. The van der Waals surface area contributed by atoms with Crippen molar-refractivity contribution in [1.29, 1.82) is 0 Å². The van der Waals surface area contributed by atoms with E-state index in [0.717, 1.165) is 23.2 Å². The fourth-order valence-corrected chi connectivity index (χ4v) is 3.19. The smallest absolute Gasteiger partial charge is 0.289 e. The topological polar surface area (TPSA) is 62.5 Å². The summed E-state index contributed by atoms with van der Waals surface area (Å²) in [5, 5.41) is 0. The molecule has 4 rings (SSSR count). The van der Waals surface area contributed by atoms with Gasteiger partial charge in [0.25, 0.3) is 5.91 Å². The van der Waals surface area contributed by atoms with Crippen molar-refractivity contribution in [2.45, 2.75) is 0 Å². The second-order valence-corrected chi connectivity index (χ2v) is 6.55. The van der Waals surface area contributed by atoms with Gasteiger partial charge in [-0.3, -0.25) is 14.8 Å². The molecular weight excluding hydrogens is 372 g/mol. The molecule has 3 aromatic heterocycles. The van der Waals surface area contributed by atoms with Gasteiger partial charge in [0.15, 0.2) is 11.3 Å². The molecule has 7 heteroatoms. The van der Waals surface area contributed by atoms with E-state index in [1.54, 1.807) is 24.7 Å². The van der Waals surface area contributed by atoms with E-state index < -0.39 is 0 Å². The molecule has 0 N–H and O–H groups in total. The van der Waals surface area contributed by atoms with Gasteiger partial charge in [-0.1, -0.05) is 0 Å². The van der Waals surface area contributed by atoms with Gasteiger partial charge in [0.05, 0.1) is 0 Å². The van der Waals surface area contributed by atoms with Crippen LogP contribution in [0.1, 0.15) is 10.6 Å². The van der Waals surface area contributed by atoms with E-state index in [1.165, 1.54) is 0 Å². The summed E-state index contributed by atoms with van der Waals surface area (Å²) in [5.74, 6) is 0.256. The average Bonchev–Trinajstić information content (AvgIpc) is 3.05. The lowest BCUT2D eigenvalue weighted by atomic mass is 10.2. The molecule has 3 aromatic rings. The standard InChI is InChI=1S/C17H15BrN4O2/c18-12-9-15-14(20-11-12)10-16(24-15)17(23)22-7-5-21(6-8-22)13-1-3-19-4-2-13/h1-4,9-11H,5-8H2. The lowest BCUT2D eigenvalue weighted by Gasteiger charge is -2.35. The van der Waals surface area contributed by atoms with Crippen molar-refractivity contribution in [3.63, 3.8) is 0 Å². The van der Waals surface area contributed by atoms with Gasteiger partial charge in [0, 0.05) is 61.0 Å². The lowest BCUT2D eigenvalue weighted by Crippen LogP contribution is -2.48. The number of carbonyl (C=O) groups is 1. The summed E-state index contributed by atoms with van der Waals surface area (Å²) >= 11 is 3.36. The van der Waals surface area contributed by atoms with Crippen molar-refractivity contribution in [2.24, 2.45) is 0 Å². The zero-order chi connectivity index (χ0) is 16.5. The van der Waals surface area contributed by atoms with Crippen molar-refractivity contribution in [3.05, 3.63) is 53.1 Å². The molecule has 1 amide bonds. The number of carbonyl (C=O) groups excluding carboxylic acids is 1. The molecule has 0 atom stereocenters. The van der Waals surface area contributed by atoms with Crippen LogP contribution in [0.25, 0.3) is 11.1 Å². The van der Waals surface area contributed by atoms with Crippen LogP contribution >= 0.6 is 15.9 Å². The minimum atomic E-state index is -0.0847. The number of hydrogen-bond donors (Lipinski definition) is 0. The van der Waals surface area contributed by atoms with E-state index in [1.807, 2.05) is 23.1 Å². The first-order valence-electron chi connectivity index (χ1n) is 7.70. The van der Waals surface area contributed by atoms with E-state index in [4.69, 9.17) is 4.42 Å². The Hall–Kier alpha value is -2.41. The molecule has 24 heavy (non-hydrogen) atoms. The Morgan fingerprint density at radius 2 is 1.88 bits per heavy atom. The first-order chi connectivity index (χ1) is 11.7. The molecule has 1 aliphatic heterocycles. The minimum absolute atomic E-state index is 0.0847. The van der Waals surface area contributed by atoms with E-state index in [2.05, 4.69) is 30.8 Å². The van der Waals surface area contributed by atoms with Crippen molar-refractivity contribution < 1.29 is 9.21 Å². The summed E-state index contributed by atoms with van der Waals surface area (Å²) in [5.41, 5.74) is 2.44. The van der Waals surface area contributed by atoms with Gasteiger partial charge in [-0.15, -0.1) is 0 Å². The zero-order valence-electron chi connectivity index (χ0n) is 12.9. The molecule has 0 radical (unpaired) electrons. The number of nitrogens with zero attached hydrogens (tertiary/aromatic N) is 4. The SMILES string of the molecule is O=C(c1cc2ncc(Br)cc2o1)N1CCN(c2ccncc2)CC1. The van der Waals surface area contributed by atoms with Gasteiger partial charge < -0.3 is 14.2 Å². The highest BCUT2D eigenvalue weighted by Crippen LogP contribution is 2.23. The third-order valence-corrected chi connectivity index (χ3v) is 4.58. The molecule has 0 unspecified atom stereocenters. The number of anilines is 1. The Morgan fingerprint density at radius 1 is 1.12 bits per heavy atom. The Morgan fingerprint density at radius 3 is 2.62 bits per heavy atom. The molecule has 122 valence electrons. The predicted octanol–water partition coefficient (Wildman–Crippen LogP) is 2.95. The van der Waals surface area contributed by atoms with Gasteiger partial charge in [0.1, 0.15) is 5.52 Å². The largest absolute Gasteiger partial charge is 0.449 e. The maximum absolute atomic E-state index is 12.7. The van der Waals surface area contributed by atoms with Gasteiger partial charge >= 0.3 is 0 Å². The number of furan rings is 1. The first kappa shape index (κ1) is 15.1. The predicted molar refractivity (Wildman–Crippen MR) is 94.1 cm³/mol. The third kappa shape index (κ3) is 2.87. The van der Waals surface area contributed by atoms with Gasteiger partial charge in [-0.25, -0.2) is 0 Å². The number of amides is 1. The van der Waals surface area contributed by atoms with E-state index in [-0.39, 0.29) is 5.91 Å². The average molecular weight is 387 g/mol. The number of hydrogen-bond acceptors (Lipinski definition) is 5. The van der Waals surface area contributed by atoms with Crippen LogP contribution in [0.3, 0.4) is 0 Å². The Labute approximate surface area is 147 Å². The number of piperazine rings is 1. The van der Waals surface area contributed by atoms with E-state index >= 15 is 0 Å². The summed E-state index contributed by atoms with van der Waals surface area (Å²) in [4.78, 5) is 25.0. The lowest BCUT2D eigenvalue weighted by molar-refractivity contribution is 0.0717. The molecule has 0 spiro atoms. The number of aromatic nitrogens is 2. The molecule has 1 aliphatic rings. The van der Waals surface area contributed by atoms with Crippen LogP contribution in [-0.2, 0) is 0 Å². The highest BCUT2D eigenvalue weighted by molar-refractivity contribution is 9.10. The van der Waals surface area contributed by atoms with Crippen LogP contribution in [-0.4, -0.2) is 47.0 Å². The number of rotatable bonds is 2. The summed E-state index contributed by atoms with van der Waals surface area (Å²) < 4.78 is 6.50. The molecule has 0 bridgehead atoms. The molecule has 1 saturated heterocycles. The number of fused-ring (bicyclic) bond motifs is 1. The highest BCUT2D eigenvalue weighted by atomic mass is 79.9. The first-order valence-corrected chi connectivity index (χ1v) is 8.49. The Kier molecular flexibility index (Phi) is 3.93. The quantitative estimate of drug-likeness (QED) is 0.677. The fourth-order valence-electron chi connectivity index (χ4n) is 2.88. The molecule has 6 nitrogen and oxygen atoms in total. The van der Waals surface area contributed by atoms with Crippen molar-refractivity contribution in [1.82, 2.24) is 14.9 Å². The van der Waals surface area contributed by atoms with Crippen LogP contribution in [0, 0.1) is 0 Å². The van der Waals surface area contributed by atoms with Crippen molar-refractivity contribution in [3.8, 4) is 0 Å². The maximum Gasteiger partial charge on any atom is 0.289 e. The summed E-state index contributed by atoms with van der Waals surface area (Å²) in [6.07, 6.45) is 5.26. The van der Waals surface area contributed by atoms with E-state index in [0.29, 0.717) is 29.9 Å². The second-order valence-electron chi connectivity index (χ2n) is 5.63. The summed E-state index contributed by atoms with van der Waals surface area (Å²) in [6, 6.07) is 7.50. The molecular formula is C17H15BrN4O2. The van der Waals surface area contributed by atoms with Crippen LogP contribution < -0.4 is 4.90 Å². The highest BCUT2D eigenvalue weighted by Gasteiger charge is 2.25. The van der Waals surface area contributed by atoms with Crippen molar-refractivity contribution >= 4 is 38.6 Å². The van der Waals surface area contributed by atoms with Gasteiger partial charge in [-0.05, 0) is 34.1 Å². The Balaban J connectivity index is 1.47. The number of pyridine rings is 2. The van der Waals surface area contributed by atoms with Crippen LogP contribution in [0.15, 0.2) is 51.7 Å². The summed E-state index contributed by atoms with van der Waals surface area (Å²) in [7, 11) is 0. The number of halogens is 1. The second kappa shape index (κ2) is 6.24. The van der Waals surface area contributed by atoms with Crippen LogP contribution in [0.2, 0.25) is 0 Å². The summed E-state index contributed by atoms with van der Waals surface area (Å²) in [6.45, 7) is 2.91. The Bertz CT molecular complexity index is 873. The molecule has 0 saturated carbocycles. The van der Waals surface area contributed by atoms with Gasteiger partial charge in [-0.2, -0.15) is 0 Å². The van der Waals surface area contributed by atoms with Gasteiger partial charge in [0.2, 0.25) is 0 Å². The van der Waals surface area contributed by atoms with Crippen LogP contribution in [0.4, 0.5) is 5.69 Å². The fraction of sp³-hybridized carbons (Fsp3) is 0.235. The minimum Gasteiger partial charge on any atom is -0.449 e.